The SMILES string of the molecule is Nc1ccc(F)c(NC(=O)CCOCc2ccccc2)c1. The van der Waals surface area contributed by atoms with Crippen LogP contribution in [0.4, 0.5) is 15.8 Å². The van der Waals surface area contributed by atoms with Crippen LogP contribution < -0.4 is 11.1 Å². The normalized spacial score (nSPS) is 10.3. The molecule has 0 fully saturated rings. The van der Waals surface area contributed by atoms with Crippen molar-refractivity contribution in [3.05, 3.63) is 59.9 Å². The summed E-state index contributed by atoms with van der Waals surface area (Å²) in [4.78, 5) is 11.7. The van der Waals surface area contributed by atoms with Gasteiger partial charge in [0.1, 0.15) is 5.82 Å². The van der Waals surface area contributed by atoms with E-state index in [9.17, 15) is 9.18 Å². The largest absolute Gasteiger partial charge is 0.399 e. The summed E-state index contributed by atoms with van der Waals surface area (Å²) < 4.78 is 18.8. The zero-order valence-electron chi connectivity index (χ0n) is 11.5. The molecule has 0 unspecified atom stereocenters. The van der Waals surface area contributed by atoms with Gasteiger partial charge in [0, 0.05) is 5.69 Å². The van der Waals surface area contributed by atoms with Gasteiger partial charge in [-0.05, 0) is 23.8 Å². The van der Waals surface area contributed by atoms with Crippen LogP contribution in [-0.4, -0.2) is 12.5 Å². The molecular formula is C16H17FN2O2. The van der Waals surface area contributed by atoms with Crippen LogP contribution in [0.15, 0.2) is 48.5 Å². The van der Waals surface area contributed by atoms with Crippen molar-refractivity contribution in [3.63, 3.8) is 0 Å². The summed E-state index contributed by atoms with van der Waals surface area (Å²) in [5.41, 5.74) is 7.07. The summed E-state index contributed by atoms with van der Waals surface area (Å²) in [7, 11) is 0. The van der Waals surface area contributed by atoms with Crippen LogP contribution in [0, 0.1) is 5.82 Å². The number of amides is 1. The van der Waals surface area contributed by atoms with E-state index in [1.807, 2.05) is 30.3 Å². The summed E-state index contributed by atoms with van der Waals surface area (Å²) in [6.45, 7) is 0.714. The quantitative estimate of drug-likeness (QED) is 0.634. The Balaban J connectivity index is 1.74. The molecule has 0 atom stereocenters. The fraction of sp³-hybridized carbons (Fsp3) is 0.188. The van der Waals surface area contributed by atoms with Crippen molar-refractivity contribution >= 4 is 17.3 Å². The second-order valence-corrected chi connectivity index (χ2v) is 4.58. The number of carbonyl (C=O) groups is 1. The van der Waals surface area contributed by atoms with Crippen molar-refractivity contribution in [2.75, 3.05) is 17.7 Å². The number of nitrogens with two attached hydrogens (primary N) is 1. The number of hydrogen-bond donors (Lipinski definition) is 2. The standard InChI is InChI=1S/C16H17FN2O2/c17-14-7-6-13(18)10-15(14)19-16(20)8-9-21-11-12-4-2-1-3-5-12/h1-7,10H,8-9,11,18H2,(H,19,20). The number of anilines is 2. The first-order valence-electron chi connectivity index (χ1n) is 6.61. The third-order valence-corrected chi connectivity index (χ3v) is 2.85. The van der Waals surface area contributed by atoms with E-state index < -0.39 is 5.82 Å². The van der Waals surface area contributed by atoms with Crippen LogP contribution in [0.2, 0.25) is 0 Å². The van der Waals surface area contributed by atoms with Gasteiger partial charge in [0.05, 0.1) is 25.3 Å². The van der Waals surface area contributed by atoms with Crippen molar-refractivity contribution in [2.45, 2.75) is 13.0 Å². The third kappa shape index (κ3) is 4.89. The summed E-state index contributed by atoms with van der Waals surface area (Å²) in [6.07, 6.45) is 0.154. The molecule has 0 saturated heterocycles. The minimum absolute atomic E-state index is 0.0862. The molecular weight excluding hydrogens is 271 g/mol. The zero-order chi connectivity index (χ0) is 15.1. The van der Waals surface area contributed by atoms with Crippen molar-refractivity contribution in [1.29, 1.82) is 0 Å². The van der Waals surface area contributed by atoms with Crippen LogP contribution >= 0.6 is 0 Å². The Morgan fingerprint density at radius 1 is 1.19 bits per heavy atom. The lowest BCUT2D eigenvalue weighted by atomic mass is 10.2. The Morgan fingerprint density at radius 3 is 2.71 bits per heavy atom. The minimum atomic E-state index is -0.511. The second kappa shape index (κ2) is 7.40. The Bertz CT molecular complexity index is 602. The van der Waals surface area contributed by atoms with Gasteiger partial charge in [0.25, 0.3) is 0 Å². The van der Waals surface area contributed by atoms with Gasteiger partial charge in [0.2, 0.25) is 5.91 Å². The summed E-state index contributed by atoms with van der Waals surface area (Å²) in [5, 5.41) is 2.48. The number of ether oxygens (including phenoxy) is 1. The molecule has 5 heteroatoms. The van der Waals surface area contributed by atoms with E-state index in [-0.39, 0.29) is 24.6 Å². The van der Waals surface area contributed by atoms with Crippen LogP contribution in [0.3, 0.4) is 0 Å². The van der Waals surface area contributed by atoms with Gasteiger partial charge in [-0.3, -0.25) is 4.79 Å². The molecule has 0 heterocycles. The molecule has 0 aliphatic carbocycles. The second-order valence-electron chi connectivity index (χ2n) is 4.58. The average molecular weight is 288 g/mol. The summed E-state index contributed by atoms with van der Waals surface area (Å²) in [5.74, 6) is -0.824. The van der Waals surface area contributed by atoms with E-state index in [0.29, 0.717) is 12.3 Å². The highest BCUT2D eigenvalue weighted by atomic mass is 19.1. The van der Waals surface area contributed by atoms with Crippen molar-refractivity contribution in [3.8, 4) is 0 Å². The smallest absolute Gasteiger partial charge is 0.226 e. The molecule has 0 spiro atoms. The predicted octanol–water partition coefficient (Wildman–Crippen LogP) is 2.95. The minimum Gasteiger partial charge on any atom is -0.399 e. The van der Waals surface area contributed by atoms with E-state index in [4.69, 9.17) is 10.5 Å². The number of nitrogens with one attached hydrogen (secondary N) is 1. The third-order valence-electron chi connectivity index (χ3n) is 2.85. The number of nitrogen functional groups attached to an aromatic ring is 1. The fourth-order valence-electron chi connectivity index (χ4n) is 1.78. The zero-order valence-corrected chi connectivity index (χ0v) is 11.5. The Morgan fingerprint density at radius 2 is 1.95 bits per heavy atom. The Kier molecular flexibility index (Phi) is 5.29. The Labute approximate surface area is 122 Å². The number of hydrogen-bond acceptors (Lipinski definition) is 3. The molecule has 21 heavy (non-hydrogen) atoms. The van der Waals surface area contributed by atoms with Crippen molar-refractivity contribution < 1.29 is 13.9 Å². The maximum atomic E-state index is 13.4. The number of rotatable bonds is 6. The van der Waals surface area contributed by atoms with Crippen LogP contribution in [0.1, 0.15) is 12.0 Å². The van der Waals surface area contributed by atoms with Gasteiger partial charge in [0.15, 0.2) is 0 Å². The summed E-state index contributed by atoms with van der Waals surface area (Å²) in [6, 6.07) is 13.7. The highest BCUT2D eigenvalue weighted by molar-refractivity contribution is 5.91. The molecule has 4 nitrogen and oxygen atoms in total. The first-order valence-corrected chi connectivity index (χ1v) is 6.61. The molecule has 0 aliphatic heterocycles. The fourth-order valence-corrected chi connectivity index (χ4v) is 1.78. The van der Waals surface area contributed by atoms with Crippen molar-refractivity contribution in [1.82, 2.24) is 0 Å². The molecule has 0 bridgehead atoms. The molecule has 0 aliphatic rings. The first-order chi connectivity index (χ1) is 10.1. The monoisotopic (exact) mass is 288 g/mol. The lowest BCUT2D eigenvalue weighted by Gasteiger charge is -2.08. The van der Waals surface area contributed by atoms with E-state index in [1.165, 1.54) is 18.2 Å². The molecule has 1 amide bonds. The van der Waals surface area contributed by atoms with Gasteiger partial charge in [-0.2, -0.15) is 0 Å². The van der Waals surface area contributed by atoms with Crippen molar-refractivity contribution in [2.24, 2.45) is 0 Å². The molecule has 110 valence electrons. The lowest BCUT2D eigenvalue weighted by molar-refractivity contribution is -0.117. The first kappa shape index (κ1) is 15.0. The number of carbonyl (C=O) groups excluding carboxylic acids is 1. The van der Waals surface area contributed by atoms with Gasteiger partial charge >= 0.3 is 0 Å². The van der Waals surface area contributed by atoms with Crippen LogP contribution in [-0.2, 0) is 16.1 Å². The number of benzene rings is 2. The topological polar surface area (TPSA) is 64.3 Å². The van der Waals surface area contributed by atoms with E-state index in [1.54, 1.807) is 0 Å². The molecule has 2 aromatic carbocycles. The molecule has 2 aromatic rings. The van der Waals surface area contributed by atoms with E-state index in [0.717, 1.165) is 5.56 Å². The van der Waals surface area contributed by atoms with Gasteiger partial charge in [-0.25, -0.2) is 4.39 Å². The van der Waals surface area contributed by atoms with Gasteiger partial charge < -0.3 is 15.8 Å². The lowest BCUT2D eigenvalue weighted by Crippen LogP contribution is -2.15. The Hall–Kier alpha value is -2.40. The van der Waals surface area contributed by atoms with Gasteiger partial charge in [-0.1, -0.05) is 30.3 Å². The van der Waals surface area contributed by atoms with Gasteiger partial charge in [-0.15, -0.1) is 0 Å². The summed E-state index contributed by atoms with van der Waals surface area (Å²) >= 11 is 0. The maximum absolute atomic E-state index is 13.4. The van der Waals surface area contributed by atoms with Crippen LogP contribution in [0.5, 0.6) is 0 Å². The van der Waals surface area contributed by atoms with E-state index in [2.05, 4.69) is 5.32 Å². The highest BCUT2D eigenvalue weighted by Gasteiger charge is 2.07. The highest BCUT2D eigenvalue weighted by Crippen LogP contribution is 2.17. The average Bonchev–Trinajstić information content (AvgIpc) is 2.48. The molecule has 3 N–H and O–H groups in total. The molecule has 0 saturated carbocycles. The maximum Gasteiger partial charge on any atom is 0.226 e. The predicted molar refractivity (Wildman–Crippen MR) is 80.2 cm³/mol. The molecule has 2 rings (SSSR count). The van der Waals surface area contributed by atoms with Crippen LogP contribution in [0.25, 0.3) is 0 Å². The number of halogens is 1. The molecule has 0 aromatic heterocycles. The molecule has 0 radical (unpaired) electrons. The van der Waals surface area contributed by atoms with E-state index >= 15 is 0 Å².